The van der Waals surface area contributed by atoms with Crippen LogP contribution < -0.4 is 0 Å². The highest BCUT2D eigenvalue weighted by atomic mass is 16.6. The Balaban J connectivity index is 2.10. The Bertz CT molecular complexity index is 466. The minimum absolute atomic E-state index is 0.00412. The van der Waals surface area contributed by atoms with Gasteiger partial charge in [-0.05, 0) is 37.8 Å². The predicted octanol–water partition coefficient (Wildman–Crippen LogP) is 2.47. The van der Waals surface area contributed by atoms with Crippen LogP contribution in [0.3, 0.4) is 0 Å². The Kier molecular flexibility index (Phi) is 3.32. The summed E-state index contributed by atoms with van der Waals surface area (Å²) in [6, 6.07) is 5.98. The number of nitro benzene ring substituents is 1. The van der Waals surface area contributed by atoms with Crippen molar-refractivity contribution in [3.05, 3.63) is 39.9 Å². The maximum atomic E-state index is 12.2. The van der Waals surface area contributed by atoms with Gasteiger partial charge < -0.3 is 4.90 Å². The van der Waals surface area contributed by atoms with E-state index in [0.717, 1.165) is 0 Å². The van der Waals surface area contributed by atoms with Crippen molar-refractivity contribution in [2.75, 3.05) is 7.05 Å². The lowest BCUT2D eigenvalue weighted by molar-refractivity contribution is -0.384. The SMILES string of the molecule is C[C@H](C1CC1)N(C)C(=O)c1ccc([N+](=O)[O-])cc1. The maximum absolute atomic E-state index is 12.2. The van der Waals surface area contributed by atoms with Crippen molar-refractivity contribution in [2.45, 2.75) is 25.8 Å². The molecule has 1 aliphatic carbocycles. The molecular weight excluding hydrogens is 232 g/mol. The van der Waals surface area contributed by atoms with E-state index in [1.54, 1.807) is 11.9 Å². The number of rotatable bonds is 4. The van der Waals surface area contributed by atoms with Crippen LogP contribution in [0.1, 0.15) is 30.1 Å². The van der Waals surface area contributed by atoms with Gasteiger partial charge in [-0.1, -0.05) is 0 Å². The molecule has 1 atom stereocenters. The number of carbonyl (C=O) groups is 1. The summed E-state index contributed by atoms with van der Waals surface area (Å²) in [4.78, 5) is 23.9. The van der Waals surface area contributed by atoms with E-state index in [1.807, 2.05) is 6.92 Å². The van der Waals surface area contributed by atoms with Gasteiger partial charge in [0.05, 0.1) is 4.92 Å². The van der Waals surface area contributed by atoms with Gasteiger partial charge in [0.2, 0.25) is 0 Å². The lowest BCUT2D eigenvalue weighted by Crippen LogP contribution is -2.36. The van der Waals surface area contributed by atoms with Crippen LogP contribution in [-0.2, 0) is 0 Å². The normalized spacial score (nSPS) is 16.1. The van der Waals surface area contributed by atoms with E-state index in [9.17, 15) is 14.9 Å². The third kappa shape index (κ3) is 2.50. The molecule has 0 heterocycles. The van der Waals surface area contributed by atoms with Gasteiger partial charge in [-0.25, -0.2) is 0 Å². The molecule has 0 aliphatic heterocycles. The number of amides is 1. The molecule has 5 heteroatoms. The van der Waals surface area contributed by atoms with Crippen LogP contribution in [0.2, 0.25) is 0 Å². The monoisotopic (exact) mass is 248 g/mol. The molecular formula is C13H16N2O3. The van der Waals surface area contributed by atoms with E-state index >= 15 is 0 Å². The first-order chi connectivity index (χ1) is 8.50. The third-order valence-corrected chi connectivity index (χ3v) is 3.56. The van der Waals surface area contributed by atoms with Crippen LogP contribution in [0.5, 0.6) is 0 Å². The first-order valence-electron chi connectivity index (χ1n) is 6.02. The first kappa shape index (κ1) is 12.5. The number of non-ortho nitro benzene ring substituents is 1. The molecule has 0 bridgehead atoms. The Hall–Kier alpha value is -1.91. The van der Waals surface area contributed by atoms with Crippen molar-refractivity contribution < 1.29 is 9.72 Å². The average molecular weight is 248 g/mol. The standard InChI is InChI=1S/C13H16N2O3/c1-9(10-3-4-10)14(2)13(16)11-5-7-12(8-6-11)15(17)18/h5-10H,3-4H2,1-2H3/t9-/m1/s1. The summed E-state index contributed by atoms with van der Waals surface area (Å²) in [5, 5.41) is 10.5. The minimum Gasteiger partial charge on any atom is -0.339 e. The smallest absolute Gasteiger partial charge is 0.269 e. The van der Waals surface area contributed by atoms with E-state index < -0.39 is 4.92 Å². The van der Waals surface area contributed by atoms with E-state index in [4.69, 9.17) is 0 Å². The molecule has 2 rings (SSSR count). The zero-order chi connectivity index (χ0) is 13.3. The quantitative estimate of drug-likeness (QED) is 0.607. The van der Waals surface area contributed by atoms with E-state index in [0.29, 0.717) is 11.5 Å². The third-order valence-electron chi connectivity index (χ3n) is 3.56. The Morgan fingerprint density at radius 3 is 2.39 bits per heavy atom. The van der Waals surface area contributed by atoms with Gasteiger partial charge in [0.1, 0.15) is 0 Å². The molecule has 5 nitrogen and oxygen atoms in total. The van der Waals surface area contributed by atoms with Gasteiger partial charge in [-0.2, -0.15) is 0 Å². The summed E-state index contributed by atoms with van der Waals surface area (Å²) < 4.78 is 0. The molecule has 18 heavy (non-hydrogen) atoms. The van der Waals surface area contributed by atoms with Crippen molar-refractivity contribution >= 4 is 11.6 Å². The molecule has 0 saturated heterocycles. The van der Waals surface area contributed by atoms with Crippen molar-refractivity contribution in [3.8, 4) is 0 Å². The fourth-order valence-corrected chi connectivity index (χ4v) is 2.01. The van der Waals surface area contributed by atoms with Crippen LogP contribution in [0.15, 0.2) is 24.3 Å². The zero-order valence-corrected chi connectivity index (χ0v) is 10.5. The fourth-order valence-electron chi connectivity index (χ4n) is 2.01. The van der Waals surface area contributed by atoms with Crippen LogP contribution in [0, 0.1) is 16.0 Å². The number of carbonyl (C=O) groups excluding carboxylic acids is 1. The molecule has 0 radical (unpaired) electrons. The van der Waals surface area contributed by atoms with Crippen LogP contribution in [0.4, 0.5) is 5.69 Å². The number of benzene rings is 1. The van der Waals surface area contributed by atoms with E-state index in [-0.39, 0.29) is 17.6 Å². The van der Waals surface area contributed by atoms with Gasteiger partial charge in [0.25, 0.3) is 11.6 Å². The summed E-state index contributed by atoms with van der Waals surface area (Å²) >= 11 is 0. The molecule has 0 spiro atoms. The highest BCUT2D eigenvalue weighted by molar-refractivity contribution is 5.94. The number of hydrogen-bond acceptors (Lipinski definition) is 3. The molecule has 1 fully saturated rings. The topological polar surface area (TPSA) is 63.5 Å². The van der Waals surface area contributed by atoms with Crippen LogP contribution in [0.25, 0.3) is 0 Å². The molecule has 0 unspecified atom stereocenters. The Labute approximate surface area is 106 Å². The molecule has 1 saturated carbocycles. The second-order valence-corrected chi connectivity index (χ2v) is 4.80. The van der Waals surface area contributed by atoms with Crippen molar-refractivity contribution in [1.82, 2.24) is 4.90 Å². The van der Waals surface area contributed by atoms with Gasteiger partial charge >= 0.3 is 0 Å². The van der Waals surface area contributed by atoms with Crippen molar-refractivity contribution in [2.24, 2.45) is 5.92 Å². The van der Waals surface area contributed by atoms with E-state index in [1.165, 1.54) is 37.1 Å². The Morgan fingerprint density at radius 1 is 1.39 bits per heavy atom. The Morgan fingerprint density at radius 2 is 1.94 bits per heavy atom. The second kappa shape index (κ2) is 4.76. The highest BCUT2D eigenvalue weighted by Crippen LogP contribution is 2.35. The summed E-state index contributed by atoms with van der Waals surface area (Å²) in [5.74, 6) is 0.529. The van der Waals surface area contributed by atoms with Gasteiger partial charge in [0.15, 0.2) is 0 Å². The molecule has 1 aliphatic rings. The highest BCUT2D eigenvalue weighted by Gasteiger charge is 2.32. The largest absolute Gasteiger partial charge is 0.339 e. The first-order valence-corrected chi connectivity index (χ1v) is 6.02. The van der Waals surface area contributed by atoms with Gasteiger partial charge in [0, 0.05) is 30.8 Å². The van der Waals surface area contributed by atoms with Gasteiger partial charge in [-0.3, -0.25) is 14.9 Å². The zero-order valence-electron chi connectivity index (χ0n) is 10.5. The summed E-state index contributed by atoms with van der Waals surface area (Å²) in [6.07, 6.45) is 2.36. The molecule has 1 aromatic rings. The van der Waals surface area contributed by atoms with Crippen molar-refractivity contribution in [3.63, 3.8) is 0 Å². The summed E-state index contributed by atoms with van der Waals surface area (Å²) in [5.41, 5.74) is 0.500. The molecule has 0 aromatic heterocycles. The molecule has 0 N–H and O–H groups in total. The minimum atomic E-state index is -0.467. The summed E-state index contributed by atoms with van der Waals surface area (Å²) in [6.45, 7) is 2.04. The number of hydrogen-bond donors (Lipinski definition) is 0. The number of nitrogens with zero attached hydrogens (tertiary/aromatic N) is 2. The summed E-state index contributed by atoms with van der Waals surface area (Å²) in [7, 11) is 1.78. The predicted molar refractivity (Wildman–Crippen MR) is 67.4 cm³/mol. The van der Waals surface area contributed by atoms with Gasteiger partial charge in [-0.15, -0.1) is 0 Å². The lowest BCUT2D eigenvalue weighted by atomic mass is 10.1. The van der Waals surface area contributed by atoms with Crippen molar-refractivity contribution in [1.29, 1.82) is 0 Å². The van der Waals surface area contributed by atoms with Crippen LogP contribution in [-0.4, -0.2) is 28.8 Å². The molecule has 1 aromatic carbocycles. The number of nitro groups is 1. The lowest BCUT2D eigenvalue weighted by Gasteiger charge is -2.24. The second-order valence-electron chi connectivity index (χ2n) is 4.80. The molecule has 1 amide bonds. The molecule has 96 valence electrons. The van der Waals surface area contributed by atoms with Crippen LogP contribution >= 0.6 is 0 Å². The maximum Gasteiger partial charge on any atom is 0.269 e. The fraction of sp³-hybridized carbons (Fsp3) is 0.462. The van der Waals surface area contributed by atoms with E-state index in [2.05, 4.69) is 0 Å². The average Bonchev–Trinajstić information content (AvgIpc) is 3.20.